The van der Waals surface area contributed by atoms with E-state index in [1.54, 1.807) is 0 Å². The van der Waals surface area contributed by atoms with Crippen LogP contribution in [0.3, 0.4) is 0 Å². The average Bonchev–Trinajstić information content (AvgIpc) is 2.63. The van der Waals surface area contributed by atoms with Gasteiger partial charge in [0.15, 0.2) is 0 Å². The Bertz CT molecular complexity index is 156. The minimum absolute atomic E-state index is 0.0337. The lowest BCUT2D eigenvalue weighted by molar-refractivity contribution is 0.175. The highest BCUT2D eigenvalue weighted by atomic mass is 16.3. The molecule has 0 aromatic carbocycles. The van der Waals surface area contributed by atoms with Crippen LogP contribution in [0.4, 0.5) is 0 Å². The molecular formula is C13H24O. The van der Waals surface area contributed by atoms with Crippen molar-refractivity contribution in [2.24, 2.45) is 11.8 Å². The van der Waals surface area contributed by atoms with Crippen molar-refractivity contribution >= 4 is 0 Å². The quantitative estimate of drug-likeness (QED) is 0.732. The predicted molar refractivity (Wildman–Crippen MR) is 59.2 cm³/mol. The molecule has 0 aromatic heterocycles. The van der Waals surface area contributed by atoms with Crippen LogP contribution < -0.4 is 0 Å². The molecule has 2 aliphatic rings. The van der Waals surface area contributed by atoms with Crippen molar-refractivity contribution in [3.05, 3.63) is 0 Å². The lowest BCUT2D eigenvalue weighted by Crippen LogP contribution is -2.08. The molecule has 82 valence electrons. The van der Waals surface area contributed by atoms with Crippen molar-refractivity contribution in [1.82, 2.24) is 0 Å². The summed E-state index contributed by atoms with van der Waals surface area (Å²) < 4.78 is 0. The first-order chi connectivity index (χ1) is 6.84. The summed E-state index contributed by atoms with van der Waals surface area (Å²) in [5, 5.41) is 9.44. The normalized spacial score (nSPS) is 34.9. The molecule has 14 heavy (non-hydrogen) atoms. The van der Waals surface area contributed by atoms with Crippen molar-refractivity contribution in [1.29, 1.82) is 0 Å². The number of aliphatic hydroxyl groups excluding tert-OH is 1. The zero-order chi connectivity index (χ0) is 9.80. The van der Waals surface area contributed by atoms with Crippen LogP contribution in [0.25, 0.3) is 0 Å². The molecule has 0 radical (unpaired) electrons. The van der Waals surface area contributed by atoms with Gasteiger partial charge in [-0.05, 0) is 31.1 Å². The topological polar surface area (TPSA) is 20.2 Å². The van der Waals surface area contributed by atoms with Gasteiger partial charge in [0.1, 0.15) is 0 Å². The van der Waals surface area contributed by atoms with E-state index < -0.39 is 0 Å². The van der Waals surface area contributed by atoms with E-state index in [9.17, 15) is 5.11 Å². The van der Waals surface area contributed by atoms with Gasteiger partial charge in [-0.25, -0.2) is 0 Å². The highest BCUT2D eigenvalue weighted by Gasteiger charge is 2.23. The van der Waals surface area contributed by atoms with Gasteiger partial charge in [0, 0.05) is 0 Å². The van der Waals surface area contributed by atoms with Gasteiger partial charge in [-0.2, -0.15) is 0 Å². The summed E-state index contributed by atoms with van der Waals surface area (Å²) in [6, 6.07) is 0. The van der Waals surface area contributed by atoms with E-state index >= 15 is 0 Å². The second-order valence-electron chi connectivity index (χ2n) is 5.41. The van der Waals surface area contributed by atoms with E-state index in [4.69, 9.17) is 0 Å². The van der Waals surface area contributed by atoms with E-state index in [2.05, 4.69) is 0 Å². The fourth-order valence-corrected chi connectivity index (χ4v) is 3.26. The molecule has 2 unspecified atom stereocenters. The molecular weight excluding hydrogens is 172 g/mol. The molecule has 0 spiro atoms. The summed E-state index contributed by atoms with van der Waals surface area (Å²) in [5.74, 6) is 1.88. The SMILES string of the molecule is OC1CCC(CCC2CCCCC2)C1. The minimum Gasteiger partial charge on any atom is -0.393 e. The van der Waals surface area contributed by atoms with Crippen LogP contribution in [-0.2, 0) is 0 Å². The largest absolute Gasteiger partial charge is 0.393 e. The molecule has 1 nitrogen and oxygen atoms in total. The molecule has 0 saturated heterocycles. The van der Waals surface area contributed by atoms with Gasteiger partial charge in [-0.3, -0.25) is 0 Å². The van der Waals surface area contributed by atoms with Crippen LogP contribution in [-0.4, -0.2) is 11.2 Å². The van der Waals surface area contributed by atoms with Gasteiger partial charge >= 0.3 is 0 Å². The maximum atomic E-state index is 9.44. The third kappa shape index (κ3) is 2.98. The molecule has 0 bridgehead atoms. The van der Waals surface area contributed by atoms with Crippen LogP contribution in [0, 0.1) is 11.8 Å². The van der Waals surface area contributed by atoms with Crippen molar-refractivity contribution < 1.29 is 5.11 Å². The van der Waals surface area contributed by atoms with Crippen molar-refractivity contribution in [2.75, 3.05) is 0 Å². The van der Waals surface area contributed by atoms with E-state index in [-0.39, 0.29) is 6.10 Å². The van der Waals surface area contributed by atoms with Gasteiger partial charge < -0.3 is 5.11 Å². The molecule has 2 fully saturated rings. The monoisotopic (exact) mass is 196 g/mol. The van der Waals surface area contributed by atoms with Crippen LogP contribution in [0.15, 0.2) is 0 Å². The third-order valence-electron chi connectivity index (χ3n) is 4.22. The summed E-state index contributed by atoms with van der Waals surface area (Å²) in [4.78, 5) is 0. The molecule has 1 N–H and O–H groups in total. The minimum atomic E-state index is 0.0337. The Hall–Kier alpha value is -0.0400. The summed E-state index contributed by atoms with van der Waals surface area (Å²) in [6.45, 7) is 0. The van der Waals surface area contributed by atoms with Gasteiger partial charge in [0.2, 0.25) is 0 Å². The Morgan fingerprint density at radius 2 is 1.50 bits per heavy atom. The highest BCUT2D eigenvalue weighted by molar-refractivity contribution is 4.76. The number of hydrogen-bond acceptors (Lipinski definition) is 1. The first-order valence-corrected chi connectivity index (χ1v) is 6.52. The lowest BCUT2D eigenvalue weighted by atomic mass is 9.84. The van der Waals surface area contributed by atoms with Crippen LogP contribution in [0.5, 0.6) is 0 Å². The van der Waals surface area contributed by atoms with Gasteiger partial charge in [0.25, 0.3) is 0 Å². The average molecular weight is 196 g/mol. The number of rotatable bonds is 3. The van der Waals surface area contributed by atoms with Gasteiger partial charge in [-0.1, -0.05) is 44.9 Å². The summed E-state index contributed by atoms with van der Waals surface area (Å²) in [6.07, 6.45) is 13.7. The fraction of sp³-hybridized carbons (Fsp3) is 1.00. The van der Waals surface area contributed by atoms with Crippen LogP contribution >= 0.6 is 0 Å². The number of aliphatic hydroxyl groups is 1. The lowest BCUT2D eigenvalue weighted by Gasteiger charge is -2.22. The molecule has 2 aliphatic carbocycles. The van der Waals surface area contributed by atoms with Gasteiger partial charge in [0.05, 0.1) is 6.10 Å². The Labute approximate surface area is 87.9 Å². The Morgan fingerprint density at radius 1 is 0.786 bits per heavy atom. The van der Waals surface area contributed by atoms with E-state index in [1.165, 1.54) is 51.4 Å². The molecule has 0 amide bonds. The van der Waals surface area contributed by atoms with Crippen LogP contribution in [0.1, 0.15) is 64.2 Å². The molecule has 2 saturated carbocycles. The maximum Gasteiger partial charge on any atom is 0.0543 e. The van der Waals surface area contributed by atoms with Crippen molar-refractivity contribution in [2.45, 2.75) is 70.3 Å². The zero-order valence-electron chi connectivity index (χ0n) is 9.25. The van der Waals surface area contributed by atoms with Crippen LogP contribution in [0.2, 0.25) is 0 Å². The van der Waals surface area contributed by atoms with Crippen molar-refractivity contribution in [3.63, 3.8) is 0 Å². The molecule has 0 aromatic rings. The summed E-state index contributed by atoms with van der Waals surface area (Å²) >= 11 is 0. The summed E-state index contributed by atoms with van der Waals surface area (Å²) in [5.41, 5.74) is 0. The van der Waals surface area contributed by atoms with E-state index in [0.29, 0.717) is 0 Å². The Balaban J connectivity index is 1.61. The molecule has 2 rings (SSSR count). The first kappa shape index (κ1) is 10.5. The fourth-order valence-electron chi connectivity index (χ4n) is 3.26. The third-order valence-corrected chi connectivity index (χ3v) is 4.22. The van der Waals surface area contributed by atoms with E-state index in [1.807, 2.05) is 0 Å². The predicted octanol–water partition coefficient (Wildman–Crippen LogP) is 3.51. The highest BCUT2D eigenvalue weighted by Crippen LogP contribution is 2.33. The first-order valence-electron chi connectivity index (χ1n) is 6.52. The Kier molecular flexibility index (Phi) is 3.86. The molecule has 2 atom stereocenters. The Morgan fingerprint density at radius 3 is 2.14 bits per heavy atom. The molecule has 1 heteroatoms. The zero-order valence-corrected chi connectivity index (χ0v) is 9.25. The second-order valence-corrected chi connectivity index (χ2v) is 5.41. The van der Waals surface area contributed by atoms with E-state index in [0.717, 1.165) is 24.7 Å². The van der Waals surface area contributed by atoms with Gasteiger partial charge in [-0.15, -0.1) is 0 Å². The summed E-state index contributed by atoms with van der Waals surface area (Å²) in [7, 11) is 0. The second kappa shape index (κ2) is 5.16. The number of hydrogen-bond donors (Lipinski definition) is 1. The molecule has 0 aliphatic heterocycles. The smallest absolute Gasteiger partial charge is 0.0543 e. The molecule has 0 heterocycles. The maximum absolute atomic E-state index is 9.44. The standard InChI is InChI=1S/C13H24O/c14-13-9-8-12(10-13)7-6-11-4-2-1-3-5-11/h11-14H,1-10H2. The van der Waals surface area contributed by atoms with Crippen molar-refractivity contribution in [3.8, 4) is 0 Å².